The first-order valence-electron chi connectivity index (χ1n) is 13.0. The van der Waals surface area contributed by atoms with Gasteiger partial charge in [0, 0.05) is 19.2 Å². The number of ether oxygens (including phenoxy) is 4. The van der Waals surface area contributed by atoms with E-state index in [0.717, 1.165) is 24.2 Å². The first kappa shape index (κ1) is 29.7. The van der Waals surface area contributed by atoms with E-state index >= 15 is 0 Å². The van der Waals surface area contributed by atoms with Crippen molar-refractivity contribution in [3.05, 3.63) is 94.7 Å². The molecule has 1 atom stereocenters. The third-order valence-corrected chi connectivity index (χ3v) is 7.38. The lowest BCUT2D eigenvalue weighted by Crippen LogP contribution is -2.40. The van der Waals surface area contributed by atoms with Gasteiger partial charge in [0.05, 0.1) is 47.1 Å². The number of nitro groups is 1. The van der Waals surface area contributed by atoms with E-state index in [1.54, 1.807) is 43.3 Å². The summed E-state index contributed by atoms with van der Waals surface area (Å²) in [4.78, 5) is 42.9. The van der Waals surface area contributed by atoms with Crippen LogP contribution in [0.1, 0.15) is 43.9 Å². The van der Waals surface area contributed by atoms with E-state index in [1.165, 1.54) is 30.9 Å². The molecule has 0 saturated carbocycles. The van der Waals surface area contributed by atoms with Gasteiger partial charge in [-0.15, -0.1) is 0 Å². The number of nitrogens with zero attached hydrogens (tertiary/aromatic N) is 3. The van der Waals surface area contributed by atoms with Gasteiger partial charge in [-0.1, -0.05) is 42.9 Å². The SMILES string of the molecule is CCCCOc1ccc(C2C(C(=O)OCCOC)=C(C)N=c3s/c(=C\c4cccc([N+](=O)[O-])c4)c(=O)n32)cc1OC. The van der Waals surface area contributed by atoms with Crippen molar-refractivity contribution in [1.82, 2.24) is 4.57 Å². The van der Waals surface area contributed by atoms with E-state index in [4.69, 9.17) is 18.9 Å². The van der Waals surface area contributed by atoms with Crippen LogP contribution in [-0.2, 0) is 14.3 Å². The average Bonchev–Trinajstić information content (AvgIpc) is 3.26. The number of carbonyl (C=O) groups excluding carboxylic acids is 1. The Bertz CT molecular complexity index is 1660. The number of benzene rings is 2. The van der Waals surface area contributed by atoms with Crippen LogP contribution in [0.5, 0.6) is 11.5 Å². The lowest BCUT2D eigenvalue weighted by atomic mass is 9.95. The average molecular weight is 582 g/mol. The molecule has 0 bridgehead atoms. The molecule has 0 saturated heterocycles. The van der Waals surface area contributed by atoms with Crippen LogP contribution in [0.3, 0.4) is 0 Å². The van der Waals surface area contributed by atoms with Crippen molar-refractivity contribution in [1.29, 1.82) is 0 Å². The molecule has 41 heavy (non-hydrogen) atoms. The highest BCUT2D eigenvalue weighted by Gasteiger charge is 2.34. The maximum Gasteiger partial charge on any atom is 0.338 e. The number of methoxy groups -OCH3 is 2. The Morgan fingerprint density at radius 3 is 2.66 bits per heavy atom. The summed E-state index contributed by atoms with van der Waals surface area (Å²) < 4.78 is 23.7. The van der Waals surface area contributed by atoms with Crippen molar-refractivity contribution in [3.8, 4) is 11.5 Å². The highest BCUT2D eigenvalue weighted by atomic mass is 32.1. The van der Waals surface area contributed by atoms with Crippen LogP contribution in [0.4, 0.5) is 5.69 Å². The molecule has 0 aliphatic carbocycles. The number of nitro benzene ring substituents is 1. The number of hydrogen-bond acceptors (Lipinski definition) is 10. The monoisotopic (exact) mass is 581 g/mol. The second kappa shape index (κ2) is 13.4. The number of thiazole rings is 1. The number of unbranched alkanes of at least 4 members (excludes halogenated alkanes) is 1. The molecule has 1 aliphatic heterocycles. The molecular weight excluding hydrogens is 550 g/mol. The van der Waals surface area contributed by atoms with Crippen LogP contribution in [0, 0.1) is 10.1 Å². The van der Waals surface area contributed by atoms with Crippen molar-refractivity contribution >= 4 is 29.1 Å². The fourth-order valence-electron chi connectivity index (χ4n) is 4.37. The Hall–Kier alpha value is -4.29. The van der Waals surface area contributed by atoms with Crippen molar-refractivity contribution in [2.45, 2.75) is 32.7 Å². The Kier molecular flexibility index (Phi) is 9.69. The number of aromatic nitrogens is 1. The van der Waals surface area contributed by atoms with E-state index in [0.29, 0.717) is 44.3 Å². The number of fused-ring (bicyclic) bond motifs is 1. The molecule has 11 nitrogen and oxygen atoms in total. The second-order valence-electron chi connectivity index (χ2n) is 9.17. The van der Waals surface area contributed by atoms with Gasteiger partial charge < -0.3 is 18.9 Å². The minimum atomic E-state index is -0.868. The van der Waals surface area contributed by atoms with E-state index in [-0.39, 0.29) is 24.5 Å². The van der Waals surface area contributed by atoms with Gasteiger partial charge in [0.25, 0.3) is 11.2 Å². The molecule has 1 aromatic heterocycles. The van der Waals surface area contributed by atoms with Crippen LogP contribution >= 0.6 is 11.3 Å². The Morgan fingerprint density at radius 2 is 1.95 bits per heavy atom. The molecule has 216 valence electrons. The standard InChI is InChI=1S/C29H31N3O8S/c1-5-6-12-39-22-11-10-20(17-23(22)38-4)26-25(28(34)40-14-13-37-3)18(2)30-29-31(26)27(33)24(41-29)16-19-8-7-9-21(15-19)32(35)36/h7-11,15-17,26H,5-6,12-14H2,1-4H3/b24-16-. The fourth-order valence-corrected chi connectivity index (χ4v) is 5.42. The Morgan fingerprint density at radius 1 is 1.15 bits per heavy atom. The van der Waals surface area contributed by atoms with E-state index < -0.39 is 22.5 Å². The lowest BCUT2D eigenvalue weighted by Gasteiger charge is -2.25. The van der Waals surface area contributed by atoms with Gasteiger partial charge >= 0.3 is 5.97 Å². The quantitative estimate of drug-likeness (QED) is 0.137. The molecule has 2 heterocycles. The van der Waals surface area contributed by atoms with Gasteiger partial charge in [0.2, 0.25) is 0 Å². The van der Waals surface area contributed by atoms with Crippen LogP contribution in [0.25, 0.3) is 6.08 Å². The molecule has 0 radical (unpaired) electrons. The molecule has 4 rings (SSSR count). The van der Waals surface area contributed by atoms with E-state index in [1.807, 2.05) is 0 Å². The fraction of sp³-hybridized carbons (Fsp3) is 0.345. The van der Waals surface area contributed by atoms with Crippen molar-refractivity contribution < 1.29 is 28.7 Å². The first-order chi connectivity index (χ1) is 19.8. The minimum absolute atomic E-state index is 0.0313. The van der Waals surface area contributed by atoms with Gasteiger partial charge in [-0.05, 0) is 42.7 Å². The zero-order valence-electron chi connectivity index (χ0n) is 23.2. The third-order valence-electron chi connectivity index (χ3n) is 6.40. The molecule has 2 aromatic carbocycles. The summed E-state index contributed by atoms with van der Waals surface area (Å²) in [5, 5.41) is 11.2. The minimum Gasteiger partial charge on any atom is -0.493 e. The summed E-state index contributed by atoms with van der Waals surface area (Å²) in [5.74, 6) is 0.385. The smallest absolute Gasteiger partial charge is 0.338 e. The predicted octanol–water partition coefficient (Wildman–Crippen LogP) is 3.52. The van der Waals surface area contributed by atoms with Crippen LogP contribution in [-0.4, -0.2) is 49.5 Å². The molecule has 1 unspecified atom stereocenters. The summed E-state index contributed by atoms with van der Waals surface area (Å²) in [6.45, 7) is 4.53. The molecule has 12 heteroatoms. The number of allylic oxidation sites excluding steroid dienone is 1. The zero-order valence-corrected chi connectivity index (χ0v) is 24.1. The number of non-ortho nitro benzene ring substituents is 1. The largest absolute Gasteiger partial charge is 0.493 e. The predicted molar refractivity (Wildman–Crippen MR) is 153 cm³/mol. The third kappa shape index (κ3) is 6.55. The molecule has 3 aromatic rings. The van der Waals surface area contributed by atoms with Gasteiger partial charge in [-0.25, -0.2) is 9.79 Å². The van der Waals surface area contributed by atoms with Crippen molar-refractivity contribution in [2.24, 2.45) is 4.99 Å². The van der Waals surface area contributed by atoms with Gasteiger partial charge in [-0.2, -0.15) is 0 Å². The van der Waals surface area contributed by atoms with Gasteiger partial charge in [0.15, 0.2) is 16.3 Å². The molecule has 0 amide bonds. The van der Waals surface area contributed by atoms with Crippen LogP contribution < -0.4 is 24.4 Å². The van der Waals surface area contributed by atoms with E-state index in [2.05, 4.69) is 11.9 Å². The highest BCUT2D eigenvalue weighted by molar-refractivity contribution is 7.07. The first-order valence-corrected chi connectivity index (χ1v) is 13.8. The van der Waals surface area contributed by atoms with E-state index in [9.17, 15) is 19.7 Å². The van der Waals surface area contributed by atoms with Crippen LogP contribution in [0.2, 0.25) is 0 Å². The Balaban J connectivity index is 1.87. The number of rotatable bonds is 12. The normalized spacial score (nSPS) is 14.8. The highest BCUT2D eigenvalue weighted by Crippen LogP contribution is 2.36. The van der Waals surface area contributed by atoms with Crippen LogP contribution in [0.15, 0.2) is 63.5 Å². The summed E-state index contributed by atoms with van der Waals surface area (Å²) in [7, 11) is 3.03. The van der Waals surface area contributed by atoms with Crippen molar-refractivity contribution in [3.63, 3.8) is 0 Å². The maximum atomic E-state index is 13.8. The summed E-state index contributed by atoms with van der Waals surface area (Å²) in [6, 6.07) is 10.4. The number of esters is 1. The topological polar surface area (TPSA) is 131 Å². The molecule has 1 aliphatic rings. The zero-order chi connectivity index (χ0) is 29.5. The molecule has 0 fully saturated rings. The number of carbonyl (C=O) groups is 1. The molecule has 0 spiro atoms. The Labute approximate surface area is 240 Å². The van der Waals surface area contributed by atoms with Crippen molar-refractivity contribution in [2.75, 3.05) is 34.0 Å². The maximum absolute atomic E-state index is 13.8. The van der Waals surface area contributed by atoms with Gasteiger partial charge in [0.1, 0.15) is 6.61 Å². The molecular formula is C29H31N3O8S. The number of hydrogen-bond donors (Lipinski definition) is 0. The lowest BCUT2D eigenvalue weighted by molar-refractivity contribution is -0.384. The second-order valence-corrected chi connectivity index (χ2v) is 10.2. The summed E-state index contributed by atoms with van der Waals surface area (Å²) in [5.41, 5.74) is 1.21. The molecule has 0 N–H and O–H groups in total. The summed E-state index contributed by atoms with van der Waals surface area (Å²) >= 11 is 1.13. The van der Waals surface area contributed by atoms with Gasteiger partial charge in [-0.3, -0.25) is 19.5 Å². The summed E-state index contributed by atoms with van der Waals surface area (Å²) in [6.07, 6.45) is 3.44.